The number of halogens is 1. The molecule has 1 aliphatic rings. The standard InChI is InChI=1S/C20H32N6OS.HI/c1-4-21-18(24-15-20(2,3)26-11-13-27-14-12-26)22-9-10-23-19-25-16-7-5-6-8-17(16)28-19;/h5-8H,4,9-15H2,1-3H3,(H,23,25)(H2,21,22,24);1H. The molecule has 2 heterocycles. The van der Waals surface area contributed by atoms with Gasteiger partial charge in [0, 0.05) is 38.3 Å². The molecular weight excluding hydrogens is 499 g/mol. The quantitative estimate of drug-likeness (QED) is 0.210. The summed E-state index contributed by atoms with van der Waals surface area (Å²) < 4.78 is 6.67. The van der Waals surface area contributed by atoms with E-state index in [0.717, 1.165) is 69.1 Å². The highest BCUT2D eigenvalue weighted by Gasteiger charge is 2.28. The number of fused-ring (bicyclic) bond motifs is 1. The van der Waals surface area contributed by atoms with Gasteiger partial charge in [-0.15, -0.1) is 24.0 Å². The number of benzene rings is 1. The first kappa shape index (κ1) is 24.1. The van der Waals surface area contributed by atoms with Crippen LogP contribution in [0.2, 0.25) is 0 Å². The number of nitrogens with one attached hydrogen (secondary N) is 3. The van der Waals surface area contributed by atoms with Crippen LogP contribution in [0.25, 0.3) is 10.2 Å². The van der Waals surface area contributed by atoms with E-state index in [-0.39, 0.29) is 29.5 Å². The van der Waals surface area contributed by atoms with Gasteiger partial charge in [0.05, 0.1) is 30.0 Å². The van der Waals surface area contributed by atoms with E-state index in [4.69, 9.17) is 9.73 Å². The summed E-state index contributed by atoms with van der Waals surface area (Å²) in [6.45, 7) is 13.3. The lowest BCUT2D eigenvalue weighted by atomic mass is 10.0. The number of morpholine rings is 1. The Morgan fingerprint density at radius 1 is 1.21 bits per heavy atom. The number of hydrogen-bond acceptors (Lipinski definition) is 6. The minimum absolute atomic E-state index is 0. The van der Waals surface area contributed by atoms with Crippen molar-refractivity contribution in [2.45, 2.75) is 26.3 Å². The molecule has 0 spiro atoms. The highest BCUT2D eigenvalue weighted by atomic mass is 127. The number of nitrogens with zero attached hydrogens (tertiary/aromatic N) is 3. The van der Waals surface area contributed by atoms with Gasteiger partial charge in [-0.25, -0.2) is 4.98 Å². The van der Waals surface area contributed by atoms with Gasteiger partial charge in [0.1, 0.15) is 0 Å². The van der Waals surface area contributed by atoms with E-state index in [2.05, 4.69) is 52.7 Å². The van der Waals surface area contributed by atoms with E-state index in [1.165, 1.54) is 4.70 Å². The topological polar surface area (TPSA) is 73.8 Å². The summed E-state index contributed by atoms with van der Waals surface area (Å²) in [7, 11) is 0. The molecule has 0 amide bonds. The summed E-state index contributed by atoms with van der Waals surface area (Å²) in [6.07, 6.45) is 0. The Kier molecular flexibility index (Phi) is 9.87. The van der Waals surface area contributed by atoms with Gasteiger partial charge in [-0.05, 0) is 32.9 Å². The van der Waals surface area contributed by atoms with Crippen molar-refractivity contribution in [2.24, 2.45) is 4.99 Å². The van der Waals surface area contributed by atoms with E-state index in [1.807, 2.05) is 18.2 Å². The lowest BCUT2D eigenvalue weighted by Crippen LogP contribution is -2.52. The highest BCUT2D eigenvalue weighted by Crippen LogP contribution is 2.24. The maximum atomic E-state index is 5.47. The maximum Gasteiger partial charge on any atom is 0.191 e. The Morgan fingerprint density at radius 2 is 1.97 bits per heavy atom. The average molecular weight is 532 g/mol. The predicted octanol–water partition coefficient (Wildman–Crippen LogP) is 2.99. The SMILES string of the molecule is CCNC(=NCC(C)(C)N1CCOCC1)NCCNc1nc2ccccc2s1.I. The van der Waals surface area contributed by atoms with Crippen molar-refractivity contribution in [1.82, 2.24) is 20.5 Å². The van der Waals surface area contributed by atoms with Crippen LogP contribution in [0.5, 0.6) is 0 Å². The van der Waals surface area contributed by atoms with E-state index in [0.29, 0.717) is 0 Å². The van der Waals surface area contributed by atoms with Crippen molar-refractivity contribution in [3.05, 3.63) is 24.3 Å². The molecule has 0 unspecified atom stereocenters. The largest absolute Gasteiger partial charge is 0.379 e. The molecule has 3 N–H and O–H groups in total. The molecule has 0 saturated carbocycles. The summed E-state index contributed by atoms with van der Waals surface area (Å²) in [4.78, 5) is 11.9. The van der Waals surface area contributed by atoms with Crippen LogP contribution in [0.15, 0.2) is 29.3 Å². The fourth-order valence-corrected chi connectivity index (χ4v) is 4.07. The van der Waals surface area contributed by atoms with Crippen LogP contribution in [0.3, 0.4) is 0 Å². The molecule has 0 bridgehead atoms. The minimum atomic E-state index is 0. The third-order valence-electron chi connectivity index (χ3n) is 4.82. The van der Waals surface area contributed by atoms with Crippen LogP contribution >= 0.6 is 35.3 Å². The second kappa shape index (κ2) is 11.9. The molecular formula is C20H33IN6OS. The second-order valence-electron chi connectivity index (χ2n) is 7.45. The second-order valence-corrected chi connectivity index (χ2v) is 8.48. The van der Waals surface area contributed by atoms with Gasteiger partial charge in [-0.2, -0.15) is 0 Å². The monoisotopic (exact) mass is 532 g/mol. The molecule has 0 atom stereocenters. The van der Waals surface area contributed by atoms with Gasteiger partial charge in [0.25, 0.3) is 0 Å². The van der Waals surface area contributed by atoms with Gasteiger partial charge in [-0.3, -0.25) is 9.89 Å². The zero-order chi connectivity index (χ0) is 19.8. The Hall–Kier alpha value is -1.17. The van der Waals surface area contributed by atoms with E-state index >= 15 is 0 Å². The molecule has 1 aromatic carbocycles. The number of thiazole rings is 1. The third kappa shape index (κ3) is 7.23. The number of guanidine groups is 1. The number of aliphatic imine (C=N–C) groups is 1. The summed E-state index contributed by atoms with van der Waals surface area (Å²) in [6, 6.07) is 8.21. The fourth-order valence-electron chi connectivity index (χ4n) is 3.18. The van der Waals surface area contributed by atoms with Gasteiger partial charge < -0.3 is 20.7 Å². The van der Waals surface area contributed by atoms with Crippen molar-refractivity contribution in [1.29, 1.82) is 0 Å². The fraction of sp³-hybridized carbons (Fsp3) is 0.600. The Balaban J connectivity index is 0.00000300. The Bertz CT molecular complexity index is 742. The maximum absolute atomic E-state index is 5.47. The van der Waals surface area contributed by atoms with Gasteiger partial charge >= 0.3 is 0 Å². The molecule has 0 radical (unpaired) electrons. The van der Waals surface area contributed by atoms with Crippen LogP contribution < -0.4 is 16.0 Å². The molecule has 1 fully saturated rings. The van der Waals surface area contributed by atoms with Crippen LogP contribution in [0, 0.1) is 0 Å². The Morgan fingerprint density at radius 3 is 2.69 bits per heavy atom. The number of ether oxygens (including phenoxy) is 1. The zero-order valence-corrected chi connectivity index (χ0v) is 20.7. The first-order chi connectivity index (χ1) is 13.6. The van der Waals surface area contributed by atoms with E-state index in [1.54, 1.807) is 11.3 Å². The van der Waals surface area contributed by atoms with Crippen LogP contribution in [-0.2, 0) is 4.74 Å². The number of rotatable bonds is 8. The molecule has 3 rings (SSSR count). The smallest absolute Gasteiger partial charge is 0.191 e. The minimum Gasteiger partial charge on any atom is -0.379 e. The molecule has 29 heavy (non-hydrogen) atoms. The first-order valence-corrected chi connectivity index (χ1v) is 10.8. The van der Waals surface area contributed by atoms with Crippen LogP contribution in [0.4, 0.5) is 5.13 Å². The summed E-state index contributed by atoms with van der Waals surface area (Å²) >= 11 is 1.68. The number of aromatic nitrogens is 1. The molecule has 9 heteroatoms. The zero-order valence-electron chi connectivity index (χ0n) is 17.5. The summed E-state index contributed by atoms with van der Waals surface area (Å²) in [5, 5.41) is 11.1. The third-order valence-corrected chi connectivity index (χ3v) is 5.82. The number of para-hydroxylation sites is 1. The van der Waals surface area contributed by atoms with Crippen molar-refractivity contribution in [3.63, 3.8) is 0 Å². The molecule has 162 valence electrons. The van der Waals surface area contributed by atoms with Gasteiger partial charge in [0.2, 0.25) is 0 Å². The van der Waals surface area contributed by atoms with E-state index in [9.17, 15) is 0 Å². The lowest BCUT2D eigenvalue weighted by Gasteiger charge is -2.39. The van der Waals surface area contributed by atoms with Crippen molar-refractivity contribution in [2.75, 3.05) is 57.8 Å². The molecule has 1 saturated heterocycles. The summed E-state index contributed by atoms with van der Waals surface area (Å²) in [5.41, 5.74) is 1.06. The van der Waals surface area contributed by atoms with Crippen molar-refractivity contribution >= 4 is 56.6 Å². The predicted molar refractivity (Wildman–Crippen MR) is 134 cm³/mol. The van der Waals surface area contributed by atoms with Gasteiger partial charge in [0.15, 0.2) is 11.1 Å². The lowest BCUT2D eigenvalue weighted by molar-refractivity contribution is -0.00683. The van der Waals surface area contributed by atoms with Crippen molar-refractivity contribution < 1.29 is 4.74 Å². The molecule has 0 aliphatic carbocycles. The molecule has 7 nitrogen and oxygen atoms in total. The molecule has 1 aliphatic heterocycles. The first-order valence-electron chi connectivity index (χ1n) is 10.0. The normalized spacial score (nSPS) is 15.8. The van der Waals surface area contributed by atoms with Crippen LogP contribution in [-0.4, -0.2) is 73.9 Å². The average Bonchev–Trinajstić information content (AvgIpc) is 3.13. The molecule has 1 aromatic heterocycles. The summed E-state index contributed by atoms with van der Waals surface area (Å²) in [5.74, 6) is 0.856. The number of anilines is 1. The van der Waals surface area contributed by atoms with Gasteiger partial charge in [-0.1, -0.05) is 23.5 Å². The Labute approximate surface area is 194 Å². The van der Waals surface area contributed by atoms with Crippen molar-refractivity contribution in [3.8, 4) is 0 Å². The number of hydrogen-bond donors (Lipinski definition) is 3. The van der Waals surface area contributed by atoms with Crippen LogP contribution in [0.1, 0.15) is 20.8 Å². The van der Waals surface area contributed by atoms with E-state index < -0.39 is 0 Å². The highest BCUT2D eigenvalue weighted by molar-refractivity contribution is 14.0. The molecule has 2 aromatic rings.